The Morgan fingerprint density at radius 2 is 0.880 bits per heavy atom. The molecule has 0 aliphatic carbocycles. The van der Waals surface area contributed by atoms with Gasteiger partial charge in [-0.2, -0.15) is 0 Å². The number of hydrogen-bond donors (Lipinski definition) is 0. The summed E-state index contributed by atoms with van der Waals surface area (Å²) in [6.45, 7) is 0. The highest BCUT2D eigenvalue weighted by atomic mass is 16.3. The molecule has 2 aromatic heterocycles. The maximum Gasteiger partial charge on any atom is 0.161 e. The van der Waals surface area contributed by atoms with Crippen LogP contribution in [0.1, 0.15) is 0 Å². The summed E-state index contributed by atoms with van der Waals surface area (Å²) in [5.41, 5.74) is 11.6. The van der Waals surface area contributed by atoms with E-state index in [1.165, 1.54) is 5.56 Å². The monoisotopic (exact) mass is 641 g/mol. The summed E-state index contributed by atoms with van der Waals surface area (Å²) in [6.07, 6.45) is 0. The van der Waals surface area contributed by atoms with E-state index in [-0.39, 0.29) is 0 Å². The van der Waals surface area contributed by atoms with Crippen LogP contribution in [-0.2, 0) is 0 Å². The van der Waals surface area contributed by atoms with E-state index < -0.39 is 0 Å². The van der Waals surface area contributed by atoms with Gasteiger partial charge in [0.05, 0.1) is 17.1 Å². The minimum atomic E-state index is 0.635. The molecule has 0 bridgehead atoms. The maximum absolute atomic E-state index is 6.60. The van der Waals surface area contributed by atoms with Gasteiger partial charge in [0.2, 0.25) is 0 Å². The highest BCUT2D eigenvalue weighted by Gasteiger charge is 2.22. The molecule has 0 unspecified atom stereocenters. The Balaban J connectivity index is 1.30. The lowest BCUT2D eigenvalue weighted by molar-refractivity contribution is 0.669. The Bertz CT molecular complexity index is 2510. The largest absolute Gasteiger partial charge is 0.456 e. The summed E-state index contributed by atoms with van der Waals surface area (Å²) < 4.78 is 6.60. The summed E-state index contributed by atoms with van der Waals surface area (Å²) in [6, 6.07) is 64.8. The van der Waals surface area contributed by atoms with E-state index in [0.29, 0.717) is 5.82 Å². The first-order valence-electron chi connectivity index (χ1n) is 16.7. The second kappa shape index (κ2) is 12.7. The van der Waals surface area contributed by atoms with Crippen LogP contribution in [0, 0.1) is 0 Å². The quantitative estimate of drug-likeness (QED) is 0.174. The summed E-state index contributed by atoms with van der Waals surface area (Å²) in [5, 5.41) is 2.01. The van der Waals surface area contributed by atoms with Crippen molar-refractivity contribution < 1.29 is 4.42 Å². The van der Waals surface area contributed by atoms with Crippen molar-refractivity contribution in [3.05, 3.63) is 188 Å². The van der Waals surface area contributed by atoms with E-state index in [1.54, 1.807) is 0 Å². The van der Waals surface area contributed by atoms with Crippen molar-refractivity contribution >= 4 is 39.0 Å². The zero-order valence-electron chi connectivity index (χ0n) is 27.1. The van der Waals surface area contributed by atoms with Crippen LogP contribution in [0.2, 0.25) is 0 Å². The second-order valence-corrected chi connectivity index (χ2v) is 12.2. The second-order valence-electron chi connectivity index (χ2n) is 12.2. The normalized spacial score (nSPS) is 11.2. The lowest BCUT2D eigenvalue weighted by Gasteiger charge is -2.26. The standard InChI is InChI=1S/C46H31N3O/c1-5-15-32(16-6-1)33-25-27-37(28-26-33)49(36-21-11-4-12-22-36)38-29-40(45-39-23-13-14-24-43(39)50-44(45)30-38)46-47-41(34-17-7-2-8-18-34)31-42(48-46)35-19-9-3-10-20-35/h1-31H. The number of rotatable bonds is 7. The van der Waals surface area contributed by atoms with Gasteiger partial charge >= 0.3 is 0 Å². The van der Waals surface area contributed by atoms with Crippen LogP contribution >= 0.6 is 0 Å². The highest BCUT2D eigenvalue weighted by Crippen LogP contribution is 2.43. The van der Waals surface area contributed by atoms with Gasteiger partial charge in [0, 0.05) is 44.9 Å². The molecule has 9 rings (SSSR count). The van der Waals surface area contributed by atoms with E-state index >= 15 is 0 Å². The van der Waals surface area contributed by atoms with Gasteiger partial charge in [-0.1, -0.05) is 140 Å². The van der Waals surface area contributed by atoms with Gasteiger partial charge in [-0.25, -0.2) is 9.97 Å². The number of nitrogens with zero attached hydrogens (tertiary/aromatic N) is 3. The molecular weight excluding hydrogens is 611 g/mol. The number of fused-ring (bicyclic) bond motifs is 3. The molecule has 4 nitrogen and oxygen atoms in total. The van der Waals surface area contributed by atoms with Gasteiger partial charge < -0.3 is 9.32 Å². The molecule has 0 spiro atoms. The van der Waals surface area contributed by atoms with Crippen LogP contribution < -0.4 is 4.90 Å². The molecule has 0 N–H and O–H groups in total. The topological polar surface area (TPSA) is 42.2 Å². The summed E-state index contributed by atoms with van der Waals surface area (Å²) in [4.78, 5) is 12.8. The summed E-state index contributed by atoms with van der Waals surface area (Å²) in [7, 11) is 0. The van der Waals surface area contributed by atoms with Crippen LogP contribution in [-0.4, -0.2) is 9.97 Å². The zero-order chi connectivity index (χ0) is 33.3. The van der Waals surface area contributed by atoms with E-state index in [0.717, 1.165) is 72.6 Å². The third kappa shape index (κ3) is 5.49. The maximum atomic E-state index is 6.60. The van der Waals surface area contributed by atoms with Crippen LogP contribution in [0.3, 0.4) is 0 Å². The smallest absolute Gasteiger partial charge is 0.161 e. The van der Waals surface area contributed by atoms with E-state index in [4.69, 9.17) is 14.4 Å². The molecule has 4 heteroatoms. The first-order valence-corrected chi connectivity index (χ1v) is 16.7. The summed E-state index contributed by atoms with van der Waals surface area (Å²) >= 11 is 0. The number of hydrogen-bond acceptors (Lipinski definition) is 4. The average molecular weight is 642 g/mol. The number of aromatic nitrogens is 2. The zero-order valence-corrected chi connectivity index (χ0v) is 27.1. The first kappa shape index (κ1) is 29.4. The SMILES string of the molecule is c1ccc(-c2ccc(N(c3ccccc3)c3cc(-c4nc(-c5ccccc5)cc(-c5ccccc5)n4)c4c(c3)oc3ccccc34)cc2)cc1. The Morgan fingerprint density at radius 1 is 0.380 bits per heavy atom. The van der Waals surface area contributed by atoms with Crippen LogP contribution in [0.25, 0.3) is 67.0 Å². The molecule has 0 saturated carbocycles. The fraction of sp³-hybridized carbons (Fsp3) is 0. The Labute approximate surface area is 290 Å². The van der Waals surface area contributed by atoms with Crippen molar-refractivity contribution in [3.8, 4) is 45.0 Å². The molecule has 0 atom stereocenters. The molecule has 0 fully saturated rings. The molecule has 0 radical (unpaired) electrons. The van der Waals surface area contributed by atoms with Crippen LogP contribution in [0.15, 0.2) is 192 Å². The molecule has 0 aliphatic heterocycles. The van der Waals surface area contributed by atoms with Gasteiger partial charge in [0.15, 0.2) is 5.82 Å². The molecular formula is C46H31N3O. The van der Waals surface area contributed by atoms with Gasteiger partial charge in [0.25, 0.3) is 0 Å². The van der Waals surface area contributed by atoms with Crippen molar-refractivity contribution in [1.82, 2.24) is 9.97 Å². The van der Waals surface area contributed by atoms with Crippen molar-refractivity contribution in [2.75, 3.05) is 4.90 Å². The van der Waals surface area contributed by atoms with Crippen molar-refractivity contribution in [2.45, 2.75) is 0 Å². The molecule has 9 aromatic rings. The number of anilines is 3. The van der Waals surface area contributed by atoms with Gasteiger partial charge in [0.1, 0.15) is 11.2 Å². The average Bonchev–Trinajstić information content (AvgIpc) is 3.58. The molecule has 236 valence electrons. The minimum Gasteiger partial charge on any atom is -0.456 e. The van der Waals surface area contributed by atoms with Crippen molar-refractivity contribution in [1.29, 1.82) is 0 Å². The molecule has 50 heavy (non-hydrogen) atoms. The molecule has 7 aromatic carbocycles. The minimum absolute atomic E-state index is 0.635. The number of furan rings is 1. The Morgan fingerprint density at radius 3 is 1.50 bits per heavy atom. The van der Waals surface area contributed by atoms with Gasteiger partial charge in [-0.15, -0.1) is 0 Å². The molecule has 2 heterocycles. The van der Waals surface area contributed by atoms with Crippen molar-refractivity contribution in [2.24, 2.45) is 0 Å². The molecule has 0 aliphatic rings. The fourth-order valence-corrected chi connectivity index (χ4v) is 6.68. The lowest BCUT2D eigenvalue weighted by atomic mass is 10.0. The lowest BCUT2D eigenvalue weighted by Crippen LogP contribution is -2.10. The third-order valence-corrected chi connectivity index (χ3v) is 9.07. The molecule has 0 amide bonds. The van der Waals surface area contributed by atoms with Crippen LogP contribution in [0.4, 0.5) is 17.1 Å². The Hall–Kier alpha value is -6.78. The van der Waals surface area contributed by atoms with E-state index in [1.807, 2.05) is 60.7 Å². The van der Waals surface area contributed by atoms with Gasteiger partial charge in [-0.05, 0) is 53.6 Å². The third-order valence-electron chi connectivity index (χ3n) is 9.07. The molecule has 0 saturated heterocycles. The summed E-state index contributed by atoms with van der Waals surface area (Å²) in [5.74, 6) is 0.635. The predicted octanol–water partition coefficient (Wildman–Crippen LogP) is 12.5. The van der Waals surface area contributed by atoms with E-state index in [2.05, 4.69) is 132 Å². The van der Waals surface area contributed by atoms with E-state index in [9.17, 15) is 0 Å². The van der Waals surface area contributed by atoms with Gasteiger partial charge in [-0.3, -0.25) is 0 Å². The van der Waals surface area contributed by atoms with Crippen LogP contribution in [0.5, 0.6) is 0 Å². The predicted molar refractivity (Wildman–Crippen MR) is 206 cm³/mol. The fourth-order valence-electron chi connectivity index (χ4n) is 6.68. The van der Waals surface area contributed by atoms with Crippen molar-refractivity contribution in [3.63, 3.8) is 0 Å². The number of benzene rings is 7. The highest BCUT2D eigenvalue weighted by molar-refractivity contribution is 6.13. The Kier molecular flexibility index (Phi) is 7.45. The first-order chi connectivity index (χ1) is 24.8. The number of para-hydroxylation sites is 2.